The summed E-state index contributed by atoms with van der Waals surface area (Å²) in [5.41, 5.74) is 0.997. The molecule has 0 amide bonds. The van der Waals surface area contributed by atoms with Crippen molar-refractivity contribution in [3.63, 3.8) is 0 Å². The Morgan fingerprint density at radius 3 is 3.05 bits per heavy atom. The fourth-order valence-corrected chi connectivity index (χ4v) is 4.78. The van der Waals surface area contributed by atoms with E-state index in [1.54, 1.807) is 18.3 Å². The van der Waals surface area contributed by atoms with E-state index in [1.165, 1.54) is 4.88 Å². The average molecular weight is 324 g/mol. The van der Waals surface area contributed by atoms with Crippen LogP contribution in [-0.4, -0.2) is 26.3 Å². The van der Waals surface area contributed by atoms with E-state index in [4.69, 9.17) is 5.11 Å². The number of H-pyrrole nitrogens is 1. The Labute approximate surface area is 129 Å². The molecule has 0 spiro atoms. The van der Waals surface area contributed by atoms with Gasteiger partial charge in [0.05, 0.1) is 5.39 Å². The first-order valence-electron chi connectivity index (χ1n) is 6.89. The lowest BCUT2D eigenvalue weighted by Gasteiger charge is -2.17. The van der Waals surface area contributed by atoms with Crippen molar-refractivity contribution in [2.45, 2.75) is 43.5 Å². The van der Waals surface area contributed by atoms with Crippen LogP contribution < -0.4 is 5.56 Å². The highest BCUT2D eigenvalue weighted by Gasteiger charge is 2.23. The van der Waals surface area contributed by atoms with E-state index in [0.717, 1.165) is 41.4 Å². The summed E-state index contributed by atoms with van der Waals surface area (Å²) < 4.78 is 0. The molecule has 3 rings (SSSR count). The lowest BCUT2D eigenvalue weighted by Crippen LogP contribution is -2.16. The number of hydrogen-bond donors (Lipinski definition) is 2. The molecule has 0 saturated carbocycles. The summed E-state index contributed by atoms with van der Waals surface area (Å²) in [5, 5.41) is 9.40. The summed E-state index contributed by atoms with van der Waals surface area (Å²) in [5.74, 6) is -0.271. The molecule has 112 valence electrons. The molecule has 5 nitrogen and oxygen atoms in total. The zero-order valence-corrected chi connectivity index (χ0v) is 13.4. The molecule has 2 aromatic rings. The van der Waals surface area contributed by atoms with E-state index >= 15 is 0 Å². The molecular weight excluding hydrogens is 308 g/mol. The topological polar surface area (TPSA) is 83.0 Å². The largest absolute Gasteiger partial charge is 0.480 e. The maximum absolute atomic E-state index is 12.3. The first kappa shape index (κ1) is 14.6. The Morgan fingerprint density at radius 2 is 2.33 bits per heavy atom. The van der Waals surface area contributed by atoms with Gasteiger partial charge in [0, 0.05) is 4.88 Å². The van der Waals surface area contributed by atoms with Gasteiger partial charge >= 0.3 is 5.97 Å². The van der Waals surface area contributed by atoms with E-state index in [0.29, 0.717) is 16.5 Å². The number of thioether (sulfide) groups is 1. The molecule has 2 heterocycles. The second-order valence-corrected chi connectivity index (χ2v) is 7.91. The van der Waals surface area contributed by atoms with Crippen LogP contribution in [0.15, 0.2) is 9.95 Å². The highest BCUT2D eigenvalue weighted by molar-refractivity contribution is 8.00. The first-order chi connectivity index (χ1) is 9.95. The molecule has 0 saturated heterocycles. The normalized spacial score (nSPS) is 19.4. The van der Waals surface area contributed by atoms with Gasteiger partial charge in [0.1, 0.15) is 10.1 Å². The smallest absolute Gasteiger partial charge is 0.316 e. The fourth-order valence-electron chi connectivity index (χ4n) is 2.60. The molecule has 0 bridgehead atoms. The van der Waals surface area contributed by atoms with Gasteiger partial charge in [0.25, 0.3) is 5.56 Å². The van der Waals surface area contributed by atoms with Crippen molar-refractivity contribution in [2.75, 3.05) is 0 Å². The van der Waals surface area contributed by atoms with Crippen molar-refractivity contribution in [1.82, 2.24) is 9.97 Å². The van der Waals surface area contributed by atoms with Crippen LogP contribution in [0, 0.1) is 5.92 Å². The third-order valence-electron chi connectivity index (χ3n) is 3.78. The molecule has 1 aliphatic rings. The lowest BCUT2D eigenvalue weighted by atomic mass is 9.89. The number of thiophene rings is 1. The van der Waals surface area contributed by atoms with Crippen LogP contribution >= 0.6 is 23.1 Å². The molecule has 2 atom stereocenters. The average Bonchev–Trinajstić information content (AvgIpc) is 2.75. The van der Waals surface area contributed by atoms with Gasteiger partial charge in [0.15, 0.2) is 5.16 Å². The Kier molecular flexibility index (Phi) is 3.79. The predicted molar refractivity (Wildman–Crippen MR) is 84.4 cm³/mol. The van der Waals surface area contributed by atoms with Gasteiger partial charge in [-0.05, 0) is 37.7 Å². The Balaban J connectivity index is 2.05. The number of aliphatic carboxylic acids is 1. The van der Waals surface area contributed by atoms with Crippen molar-refractivity contribution >= 4 is 39.3 Å². The molecule has 2 unspecified atom stereocenters. The number of carbonyl (C=O) groups is 1. The van der Waals surface area contributed by atoms with Crippen LogP contribution in [0.25, 0.3) is 10.2 Å². The van der Waals surface area contributed by atoms with Gasteiger partial charge < -0.3 is 10.1 Å². The van der Waals surface area contributed by atoms with Crippen LogP contribution in [0.4, 0.5) is 0 Å². The third-order valence-corrected chi connectivity index (χ3v) is 5.90. The van der Waals surface area contributed by atoms with E-state index in [2.05, 4.69) is 16.9 Å². The van der Waals surface area contributed by atoms with E-state index in [-0.39, 0.29) is 5.56 Å². The van der Waals surface area contributed by atoms with Gasteiger partial charge in [-0.3, -0.25) is 9.59 Å². The number of carboxylic acid groups (broad SMARTS) is 1. The molecule has 21 heavy (non-hydrogen) atoms. The molecule has 1 aliphatic carbocycles. The molecule has 0 aromatic carbocycles. The molecule has 0 fully saturated rings. The minimum absolute atomic E-state index is 0.146. The Morgan fingerprint density at radius 1 is 1.57 bits per heavy atom. The number of aromatic amines is 1. The number of nitrogens with zero attached hydrogens (tertiary/aromatic N) is 1. The first-order valence-corrected chi connectivity index (χ1v) is 8.59. The maximum Gasteiger partial charge on any atom is 0.316 e. The quantitative estimate of drug-likeness (QED) is 0.670. The van der Waals surface area contributed by atoms with Gasteiger partial charge in [-0.25, -0.2) is 4.98 Å². The van der Waals surface area contributed by atoms with Crippen LogP contribution in [0.2, 0.25) is 0 Å². The van der Waals surface area contributed by atoms with Crippen molar-refractivity contribution in [3.05, 3.63) is 20.8 Å². The van der Waals surface area contributed by atoms with Crippen LogP contribution in [-0.2, 0) is 17.6 Å². The molecular formula is C14H16N2O3S2. The summed E-state index contributed by atoms with van der Waals surface area (Å²) >= 11 is 2.64. The standard InChI is InChI=1S/C14H16N2O3S2/c1-6-3-4-8-9(5-6)21-12-10(8)11(17)15-14(16-12)20-7(2)13(18)19/h6-7H,3-5H2,1-2H3,(H,18,19)(H,15,16,17). The van der Waals surface area contributed by atoms with Crippen molar-refractivity contribution in [3.8, 4) is 0 Å². The summed E-state index contributed by atoms with van der Waals surface area (Å²) in [6, 6.07) is 0. The highest BCUT2D eigenvalue weighted by Crippen LogP contribution is 2.36. The number of carboxylic acids is 1. The SMILES string of the molecule is CC1CCc2c(sc3nc(SC(C)C(=O)O)[nH]c(=O)c23)C1. The van der Waals surface area contributed by atoms with E-state index in [9.17, 15) is 9.59 Å². The minimum atomic E-state index is -0.915. The van der Waals surface area contributed by atoms with Gasteiger partial charge in [-0.15, -0.1) is 11.3 Å². The zero-order valence-electron chi connectivity index (χ0n) is 11.8. The molecule has 2 N–H and O–H groups in total. The number of rotatable bonds is 3. The Hall–Kier alpha value is -1.34. The third kappa shape index (κ3) is 2.72. The summed E-state index contributed by atoms with van der Waals surface area (Å²) in [6.45, 7) is 3.80. The second-order valence-electron chi connectivity index (χ2n) is 5.50. The maximum atomic E-state index is 12.3. The summed E-state index contributed by atoms with van der Waals surface area (Å²) in [6.07, 6.45) is 3.04. The number of hydrogen-bond acceptors (Lipinski definition) is 5. The fraction of sp³-hybridized carbons (Fsp3) is 0.500. The highest BCUT2D eigenvalue weighted by atomic mass is 32.2. The predicted octanol–water partition coefficient (Wildman–Crippen LogP) is 2.67. The van der Waals surface area contributed by atoms with Crippen LogP contribution in [0.1, 0.15) is 30.7 Å². The van der Waals surface area contributed by atoms with Gasteiger partial charge in [-0.2, -0.15) is 0 Å². The van der Waals surface area contributed by atoms with E-state index < -0.39 is 11.2 Å². The van der Waals surface area contributed by atoms with Crippen LogP contribution in [0.3, 0.4) is 0 Å². The monoisotopic (exact) mass is 324 g/mol. The van der Waals surface area contributed by atoms with Crippen molar-refractivity contribution < 1.29 is 9.90 Å². The second kappa shape index (κ2) is 5.46. The zero-order chi connectivity index (χ0) is 15.1. The van der Waals surface area contributed by atoms with Gasteiger partial charge in [-0.1, -0.05) is 18.7 Å². The van der Waals surface area contributed by atoms with Crippen molar-refractivity contribution in [2.24, 2.45) is 5.92 Å². The molecule has 0 aliphatic heterocycles. The molecule has 7 heteroatoms. The molecule has 2 aromatic heterocycles. The van der Waals surface area contributed by atoms with Gasteiger partial charge in [0.2, 0.25) is 0 Å². The summed E-state index contributed by atoms with van der Waals surface area (Å²) in [4.78, 5) is 32.4. The lowest BCUT2D eigenvalue weighted by molar-refractivity contribution is -0.136. The molecule has 0 radical (unpaired) electrons. The number of aryl methyl sites for hydroxylation is 1. The number of fused-ring (bicyclic) bond motifs is 3. The van der Waals surface area contributed by atoms with Crippen molar-refractivity contribution in [1.29, 1.82) is 0 Å². The minimum Gasteiger partial charge on any atom is -0.480 e. The number of nitrogens with one attached hydrogen (secondary N) is 1. The Bertz CT molecular complexity index is 765. The summed E-state index contributed by atoms with van der Waals surface area (Å²) in [7, 11) is 0. The number of aromatic nitrogens is 2. The van der Waals surface area contributed by atoms with Crippen LogP contribution in [0.5, 0.6) is 0 Å². The van der Waals surface area contributed by atoms with E-state index in [1.807, 2.05) is 0 Å².